The number of hydrogen-bond donors (Lipinski definition) is 2. The highest BCUT2D eigenvalue weighted by molar-refractivity contribution is 5.77. The Bertz CT molecular complexity index is 430. The first kappa shape index (κ1) is 13.9. The number of likely N-dealkylation sites (tertiary alicyclic amines) is 1. The summed E-state index contributed by atoms with van der Waals surface area (Å²) in [7, 11) is 0. The zero-order chi connectivity index (χ0) is 13.8. The molecule has 3 N–H and O–H groups in total. The summed E-state index contributed by atoms with van der Waals surface area (Å²) in [6.07, 6.45) is 1.43. The fourth-order valence-corrected chi connectivity index (χ4v) is 2.54. The van der Waals surface area contributed by atoms with Crippen molar-refractivity contribution in [2.45, 2.75) is 25.7 Å². The van der Waals surface area contributed by atoms with E-state index in [2.05, 4.69) is 6.92 Å². The van der Waals surface area contributed by atoms with Gasteiger partial charge in [-0.2, -0.15) is 0 Å². The average Bonchev–Trinajstić information content (AvgIpc) is 2.88. The number of anilines is 1. The predicted octanol–water partition coefficient (Wildman–Crippen LogP) is 1.60. The van der Waals surface area contributed by atoms with Crippen molar-refractivity contribution in [1.82, 2.24) is 4.90 Å². The maximum absolute atomic E-state index is 12.2. The molecule has 0 radical (unpaired) electrons. The Balaban J connectivity index is 1.90. The van der Waals surface area contributed by atoms with Crippen LogP contribution in [0, 0.1) is 5.92 Å². The fraction of sp³-hybridized carbons (Fsp3) is 0.533. The minimum absolute atomic E-state index is 0.178. The zero-order valence-corrected chi connectivity index (χ0v) is 11.4. The lowest BCUT2D eigenvalue weighted by Crippen LogP contribution is -2.29. The lowest BCUT2D eigenvalue weighted by atomic mass is 9.97. The maximum atomic E-state index is 12.2. The van der Waals surface area contributed by atoms with Crippen LogP contribution in [-0.2, 0) is 4.79 Å². The molecule has 2 rings (SSSR count). The first-order valence-corrected chi connectivity index (χ1v) is 6.84. The molecule has 4 heteroatoms. The first-order chi connectivity index (χ1) is 9.10. The molecule has 4 nitrogen and oxygen atoms in total. The number of rotatable bonds is 4. The van der Waals surface area contributed by atoms with Gasteiger partial charge >= 0.3 is 0 Å². The summed E-state index contributed by atoms with van der Waals surface area (Å²) >= 11 is 0. The summed E-state index contributed by atoms with van der Waals surface area (Å²) in [5.41, 5.74) is 7.54. The van der Waals surface area contributed by atoms with Crippen molar-refractivity contribution in [3.05, 3.63) is 29.8 Å². The second-order valence-corrected chi connectivity index (χ2v) is 5.45. The summed E-state index contributed by atoms with van der Waals surface area (Å²) in [6, 6.07) is 7.70. The topological polar surface area (TPSA) is 66.6 Å². The molecule has 1 aliphatic rings. The van der Waals surface area contributed by atoms with Crippen LogP contribution in [0.2, 0.25) is 0 Å². The highest BCUT2D eigenvalue weighted by Gasteiger charge is 2.26. The Morgan fingerprint density at radius 1 is 1.47 bits per heavy atom. The molecule has 0 bridgehead atoms. The smallest absolute Gasteiger partial charge is 0.223 e. The number of aliphatic hydroxyl groups is 1. The molecule has 2 unspecified atom stereocenters. The Labute approximate surface area is 114 Å². The third kappa shape index (κ3) is 3.47. The molecule has 1 heterocycles. The molecule has 2 atom stereocenters. The lowest BCUT2D eigenvalue weighted by Gasteiger charge is -2.19. The van der Waals surface area contributed by atoms with Gasteiger partial charge in [0.25, 0.3) is 0 Å². The van der Waals surface area contributed by atoms with E-state index in [1.807, 2.05) is 29.2 Å². The molecule has 1 saturated heterocycles. The van der Waals surface area contributed by atoms with Crippen LogP contribution in [0.5, 0.6) is 0 Å². The van der Waals surface area contributed by atoms with Crippen LogP contribution in [-0.4, -0.2) is 35.6 Å². The van der Waals surface area contributed by atoms with E-state index in [0.717, 1.165) is 24.2 Å². The van der Waals surface area contributed by atoms with Crippen LogP contribution < -0.4 is 5.73 Å². The monoisotopic (exact) mass is 262 g/mol. The van der Waals surface area contributed by atoms with E-state index in [-0.39, 0.29) is 24.3 Å². The van der Waals surface area contributed by atoms with Crippen LogP contribution >= 0.6 is 0 Å². The third-order valence-corrected chi connectivity index (χ3v) is 3.88. The second-order valence-electron chi connectivity index (χ2n) is 5.45. The van der Waals surface area contributed by atoms with Crippen molar-refractivity contribution in [1.29, 1.82) is 0 Å². The molecule has 1 fully saturated rings. The van der Waals surface area contributed by atoms with Crippen LogP contribution in [0.4, 0.5) is 5.69 Å². The molecule has 19 heavy (non-hydrogen) atoms. The first-order valence-electron chi connectivity index (χ1n) is 6.84. The number of benzene rings is 1. The van der Waals surface area contributed by atoms with Crippen molar-refractivity contribution in [3.8, 4) is 0 Å². The van der Waals surface area contributed by atoms with Crippen molar-refractivity contribution in [2.75, 3.05) is 25.4 Å². The van der Waals surface area contributed by atoms with Gasteiger partial charge in [0.1, 0.15) is 0 Å². The molecule has 0 saturated carbocycles. The zero-order valence-electron chi connectivity index (χ0n) is 11.4. The number of nitrogens with zero attached hydrogens (tertiary/aromatic N) is 1. The number of aliphatic hydroxyl groups excluding tert-OH is 1. The molecule has 1 aromatic rings. The Morgan fingerprint density at radius 2 is 2.16 bits per heavy atom. The Kier molecular flexibility index (Phi) is 4.43. The molecule has 1 amide bonds. The number of hydrogen-bond acceptors (Lipinski definition) is 3. The number of nitrogens with two attached hydrogens (primary N) is 1. The van der Waals surface area contributed by atoms with Gasteiger partial charge in [0.2, 0.25) is 5.91 Å². The summed E-state index contributed by atoms with van der Waals surface area (Å²) in [4.78, 5) is 14.0. The summed E-state index contributed by atoms with van der Waals surface area (Å²) < 4.78 is 0. The van der Waals surface area contributed by atoms with Gasteiger partial charge in [-0.05, 0) is 30.0 Å². The van der Waals surface area contributed by atoms with Crippen molar-refractivity contribution < 1.29 is 9.90 Å². The predicted molar refractivity (Wildman–Crippen MR) is 75.7 cm³/mol. The highest BCUT2D eigenvalue weighted by Crippen LogP contribution is 2.23. The molecule has 1 aromatic carbocycles. The van der Waals surface area contributed by atoms with Gasteiger partial charge in [-0.3, -0.25) is 4.79 Å². The average molecular weight is 262 g/mol. The SMILES string of the molecule is CC(CC(=O)N1CCC(CO)C1)c1ccc(N)cc1. The van der Waals surface area contributed by atoms with E-state index in [9.17, 15) is 4.79 Å². The molecule has 1 aliphatic heterocycles. The van der Waals surface area contributed by atoms with Gasteiger partial charge in [0.15, 0.2) is 0 Å². The molecule has 0 spiro atoms. The van der Waals surface area contributed by atoms with E-state index in [0.29, 0.717) is 13.0 Å². The van der Waals surface area contributed by atoms with Crippen molar-refractivity contribution >= 4 is 11.6 Å². The largest absolute Gasteiger partial charge is 0.399 e. The van der Waals surface area contributed by atoms with E-state index in [1.165, 1.54) is 0 Å². The van der Waals surface area contributed by atoms with E-state index in [4.69, 9.17) is 10.8 Å². The number of nitrogen functional groups attached to an aromatic ring is 1. The van der Waals surface area contributed by atoms with Crippen molar-refractivity contribution in [3.63, 3.8) is 0 Å². The van der Waals surface area contributed by atoms with Crippen molar-refractivity contribution in [2.24, 2.45) is 5.92 Å². The molecular weight excluding hydrogens is 240 g/mol. The number of carbonyl (C=O) groups is 1. The van der Waals surface area contributed by atoms with E-state index < -0.39 is 0 Å². The molecule has 0 aliphatic carbocycles. The quantitative estimate of drug-likeness (QED) is 0.810. The lowest BCUT2D eigenvalue weighted by molar-refractivity contribution is -0.130. The van der Waals surface area contributed by atoms with Crippen LogP contribution in [0.25, 0.3) is 0 Å². The molecule has 104 valence electrons. The number of amides is 1. The summed E-state index contributed by atoms with van der Waals surface area (Å²) in [6.45, 7) is 3.71. The Morgan fingerprint density at radius 3 is 2.74 bits per heavy atom. The Hall–Kier alpha value is -1.55. The van der Waals surface area contributed by atoms with Crippen LogP contribution in [0.1, 0.15) is 31.2 Å². The molecular formula is C15H22N2O2. The van der Waals surface area contributed by atoms with Crippen LogP contribution in [0.3, 0.4) is 0 Å². The van der Waals surface area contributed by atoms with Gasteiger partial charge in [-0.25, -0.2) is 0 Å². The van der Waals surface area contributed by atoms with E-state index >= 15 is 0 Å². The van der Waals surface area contributed by atoms with Gasteiger partial charge in [0, 0.05) is 37.7 Å². The minimum atomic E-state index is 0.178. The third-order valence-electron chi connectivity index (χ3n) is 3.88. The van der Waals surface area contributed by atoms with Gasteiger partial charge in [-0.15, -0.1) is 0 Å². The normalized spacial score (nSPS) is 20.5. The number of carbonyl (C=O) groups excluding carboxylic acids is 1. The fourth-order valence-electron chi connectivity index (χ4n) is 2.54. The van der Waals surface area contributed by atoms with E-state index in [1.54, 1.807) is 0 Å². The second kappa shape index (κ2) is 6.06. The minimum Gasteiger partial charge on any atom is -0.399 e. The van der Waals surface area contributed by atoms with Crippen LogP contribution in [0.15, 0.2) is 24.3 Å². The van der Waals surface area contributed by atoms with Gasteiger partial charge in [-0.1, -0.05) is 19.1 Å². The summed E-state index contributed by atoms with van der Waals surface area (Å²) in [5.74, 6) is 0.636. The van der Waals surface area contributed by atoms with Gasteiger partial charge < -0.3 is 15.7 Å². The summed E-state index contributed by atoms with van der Waals surface area (Å²) in [5, 5.41) is 9.10. The molecule has 0 aromatic heterocycles. The van der Waals surface area contributed by atoms with Gasteiger partial charge in [0.05, 0.1) is 0 Å². The standard InChI is InChI=1S/C15H22N2O2/c1-11(13-2-4-14(16)5-3-13)8-15(19)17-7-6-12(9-17)10-18/h2-5,11-12,18H,6-10,16H2,1H3. The highest BCUT2D eigenvalue weighted by atomic mass is 16.3. The maximum Gasteiger partial charge on any atom is 0.223 e.